The number of nitrogens with one attached hydrogen (secondary N) is 1. The molecule has 1 rings (SSSR count). The summed E-state index contributed by atoms with van der Waals surface area (Å²) in [6.07, 6.45) is 2.99. The van der Waals surface area contributed by atoms with E-state index in [2.05, 4.69) is 5.32 Å². The summed E-state index contributed by atoms with van der Waals surface area (Å²) >= 11 is 0. The van der Waals surface area contributed by atoms with Gasteiger partial charge in [0.2, 0.25) is 0 Å². The highest BCUT2D eigenvalue weighted by Crippen LogP contribution is 2.22. The molecule has 0 fully saturated rings. The minimum atomic E-state index is -0.755. The van der Waals surface area contributed by atoms with Crippen molar-refractivity contribution in [2.24, 2.45) is 0 Å². The van der Waals surface area contributed by atoms with Crippen molar-refractivity contribution in [2.45, 2.75) is 46.0 Å². The van der Waals surface area contributed by atoms with Crippen molar-refractivity contribution in [1.29, 1.82) is 0 Å². The largest absolute Gasteiger partial charge is 0.481 e. The van der Waals surface area contributed by atoms with E-state index in [4.69, 9.17) is 5.11 Å². The summed E-state index contributed by atoms with van der Waals surface area (Å²) < 4.78 is 0. The van der Waals surface area contributed by atoms with Crippen LogP contribution in [0.5, 0.6) is 0 Å². The Kier molecular flexibility index (Phi) is 6.77. The minimum absolute atomic E-state index is 0.163. The molecule has 1 aromatic rings. The van der Waals surface area contributed by atoms with Crippen LogP contribution in [0.1, 0.15) is 55.5 Å². The van der Waals surface area contributed by atoms with Crippen molar-refractivity contribution in [3.05, 3.63) is 29.3 Å². The molecule has 0 heterocycles. The molecule has 0 atom stereocenters. The fourth-order valence-electron chi connectivity index (χ4n) is 2.21. The number of ketones is 1. The second-order valence-electron chi connectivity index (χ2n) is 4.74. The first-order valence-electron chi connectivity index (χ1n) is 7.20. The summed E-state index contributed by atoms with van der Waals surface area (Å²) in [7, 11) is 0. The van der Waals surface area contributed by atoms with Crippen molar-refractivity contribution in [1.82, 2.24) is 0 Å². The number of unbranched alkanes of at least 4 members (excludes halogenated alkanes) is 1. The Morgan fingerprint density at radius 2 is 1.95 bits per heavy atom. The maximum atomic E-state index is 11.9. The Morgan fingerprint density at radius 1 is 1.20 bits per heavy atom. The molecule has 0 amide bonds. The Labute approximate surface area is 120 Å². The van der Waals surface area contributed by atoms with Gasteiger partial charge in [-0.25, -0.2) is 0 Å². The number of carbonyl (C=O) groups excluding carboxylic acids is 1. The Balaban J connectivity index is 2.65. The van der Waals surface area contributed by atoms with E-state index in [1.807, 2.05) is 32.0 Å². The zero-order valence-corrected chi connectivity index (χ0v) is 12.2. The van der Waals surface area contributed by atoms with Gasteiger partial charge < -0.3 is 10.4 Å². The summed E-state index contributed by atoms with van der Waals surface area (Å²) in [6, 6.07) is 5.74. The number of Topliss-reactive ketones (excluding diaryl/α,β-unsaturated/α-hetero) is 1. The van der Waals surface area contributed by atoms with Gasteiger partial charge in [0.05, 0.1) is 0 Å². The van der Waals surface area contributed by atoms with Crippen molar-refractivity contribution >= 4 is 17.4 Å². The van der Waals surface area contributed by atoms with Gasteiger partial charge in [0.25, 0.3) is 0 Å². The highest BCUT2D eigenvalue weighted by Gasteiger charge is 2.11. The Bertz CT molecular complexity index is 469. The molecule has 0 unspecified atom stereocenters. The lowest BCUT2D eigenvalue weighted by molar-refractivity contribution is -0.137. The normalized spacial score (nSPS) is 10.3. The third kappa shape index (κ3) is 4.68. The monoisotopic (exact) mass is 277 g/mol. The van der Waals surface area contributed by atoms with E-state index in [1.54, 1.807) is 0 Å². The Hall–Kier alpha value is -1.84. The lowest BCUT2D eigenvalue weighted by Crippen LogP contribution is -2.09. The summed E-state index contributed by atoms with van der Waals surface area (Å²) in [5, 5.41) is 11.9. The molecule has 0 aliphatic rings. The second kappa shape index (κ2) is 8.35. The molecule has 0 aromatic heterocycles. The molecule has 0 spiro atoms. The molecule has 110 valence electrons. The third-order valence-electron chi connectivity index (χ3n) is 3.28. The topological polar surface area (TPSA) is 66.4 Å². The Morgan fingerprint density at radius 3 is 2.55 bits per heavy atom. The first-order valence-corrected chi connectivity index (χ1v) is 7.20. The van der Waals surface area contributed by atoms with E-state index in [9.17, 15) is 9.59 Å². The van der Waals surface area contributed by atoms with Gasteiger partial charge in [-0.2, -0.15) is 0 Å². The smallest absolute Gasteiger partial charge is 0.303 e. The van der Waals surface area contributed by atoms with Crippen LogP contribution in [0.2, 0.25) is 0 Å². The number of rotatable bonds is 9. The summed E-state index contributed by atoms with van der Waals surface area (Å²) in [5.74, 6) is -0.592. The predicted octanol–water partition coefficient (Wildman–Crippen LogP) is 3.51. The van der Waals surface area contributed by atoms with Crippen molar-refractivity contribution in [2.75, 3.05) is 11.9 Å². The number of hydrogen-bond acceptors (Lipinski definition) is 3. The molecule has 4 nitrogen and oxygen atoms in total. The summed E-state index contributed by atoms with van der Waals surface area (Å²) in [4.78, 5) is 22.3. The van der Waals surface area contributed by atoms with E-state index >= 15 is 0 Å². The number of anilines is 1. The number of hydrogen-bond donors (Lipinski definition) is 2. The van der Waals surface area contributed by atoms with Gasteiger partial charge in [-0.1, -0.05) is 26.0 Å². The number of carboxylic acid groups (broad SMARTS) is 1. The van der Waals surface area contributed by atoms with Crippen LogP contribution in [0.3, 0.4) is 0 Å². The van der Waals surface area contributed by atoms with Crippen LogP contribution in [-0.4, -0.2) is 23.4 Å². The quantitative estimate of drug-likeness (QED) is 0.535. The maximum Gasteiger partial charge on any atom is 0.303 e. The standard InChI is InChI=1S/C16H23NO3/c1-3-12-13(15(18)4-2)8-7-9-14(12)17-11-6-5-10-16(19)20/h7-9,17H,3-6,10-11H2,1-2H3,(H,19,20). The van der Waals surface area contributed by atoms with Gasteiger partial charge in [0.15, 0.2) is 5.78 Å². The maximum absolute atomic E-state index is 11.9. The van der Waals surface area contributed by atoms with Gasteiger partial charge in [-0.15, -0.1) is 0 Å². The van der Waals surface area contributed by atoms with E-state index in [1.165, 1.54) is 0 Å². The van der Waals surface area contributed by atoms with Gasteiger partial charge in [0.1, 0.15) is 0 Å². The van der Waals surface area contributed by atoms with Gasteiger partial charge in [-0.05, 0) is 30.9 Å². The van der Waals surface area contributed by atoms with Crippen LogP contribution < -0.4 is 5.32 Å². The van der Waals surface area contributed by atoms with Crippen LogP contribution in [0.4, 0.5) is 5.69 Å². The minimum Gasteiger partial charge on any atom is -0.481 e. The summed E-state index contributed by atoms with van der Waals surface area (Å²) in [6.45, 7) is 4.63. The van der Waals surface area contributed by atoms with Crippen LogP contribution >= 0.6 is 0 Å². The average Bonchev–Trinajstić information content (AvgIpc) is 2.45. The lowest BCUT2D eigenvalue weighted by Gasteiger charge is -2.14. The fourth-order valence-corrected chi connectivity index (χ4v) is 2.21. The SMILES string of the molecule is CCC(=O)c1cccc(NCCCCC(=O)O)c1CC. The fraction of sp³-hybridized carbons (Fsp3) is 0.500. The molecule has 1 aromatic carbocycles. The molecule has 2 N–H and O–H groups in total. The molecule has 0 bridgehead atoms. The van der Waals surface area contributed by atoms with Gasteiger partial charge in [0, 0.05) is 30.6 Å². The molecular weight excluding hydrogens is 254 g/mol. The van der Waals surface area contributed by atoms with Crippen LogP contribution in [0.25, 0.3) is 0 Å². The molecule has 0 aliphatic carbocycles. The average molecular weight is 277 g/mol. The molecule has 0 saturated carbocycles. The van der Waals surface area contributed by atoms with Gasteiger partial charge in [-0.3, -0.25) is 9.59 Å². The number of carboxylic acids is 1. The molecule has 0 saturated heterocycles. The van der Waals surface area contributed by atoms with Crippen LogP contribution in [0, 0.1) is 0 Å². The lowest BCUT2D eigenvalue weighted by atomic mass is 9.98. The highest BCUT2D eigenvalue weighted by molar-refractivity contribution is 5.98. The molecule has 20 heavy (non-hydrogen) atoms. The third-order valence-corrected chi connectivity index (χ3v) is 3.28. The molecule has 0 radical (unpaired) electrons. The molecular formula is C16H23NO3. The van der Waals surface area contributed by atoms with Crippen LogP contribution in [-0.2, 0) is 11.2 Å². The summed E-state index contributed by atoms with van der Waals surface area (Å²) in [5.41, 5.74) is 2.84. The first kappa shape index (κ1) is 16.2. The van der Waals surface area contributed by atoms with Crippen molar-refractivity contribution in [3.63, 3.8) is 0 Å². The number of carbonyl (C=O) groups is 2. The van der Waals surface area contributed by atoms with Gasteiger partial charge >= 0.3 is 5.97 Å². The van der Waals surface area contributed by atoms with Crippen LogP contribution in [0.15, 0.2) is 18.2 Å². The second-order valence-corrected chi connectivity index (χ2v) is 4.74. The van der Waals surface area contributed by atoms with Crippen molar-refractivity contribution in [3.8, 4) is 0 Å². The highest BCUT2D eigenvalue weighted by atomic mass is 16.4. The number of aliphatic carboxylic acids is 1. The van der Waals surface area contributed by atoms with Crippen molar-refractivity contribution < 1.29 is 14.7 Å². The molecule has 0 aliphatic heterocycles. The first-order chi connectivity index (χ1) is 9.60. The van der Waals surface area contributed by atoms with E-state index in [0.717, 1.165) is 36.2 Å². The molecule has 4 heteroatoms. The van der Waals surface area contributed by atoms with E-state index < -0.39 is 5.97 Å². The number of benzene rings is 1. The zero-order valence-electron chi connectivity index (χ0n) is 12.2. The predicted molar refractivity (Wildman–Crippen MR) is 80.4 cm³/mol. The zero-order chi connectivity index (χ0) is 15.0. The van der Waals surface area contributed by atoms with E-state index in [0.29, 0.717) is 12.8 Å². The van der Waals surface area contributed by atoms with E-state index in [-0.39, 0.29) is 12.2 Å².